The Morgan fingerprint density at radius 3 is 2.74 bits per heavy atom. The molecule has 1 unspecified atom stereocenters. The minimum absolute atomic E-state index is 0.0387. The van der Waals surface area contributed by atoms with Crippen molar-refractivity contribution in [2.75, 3.05) is 6.54 Å². The summed E-state index contributed by atoms with van der Waals surface area (Å²) in [6, 6.07) is 10.3. The van der Waals surface area contributed by atoms with Crippen molar-refractivity contribution >= 4 is 27.5 Å². The summed E-state index contributed by atoms with van der Waals surface area (Å²) in [5, 5.41) is 6.95. The zero-order chi connectivity index (χ0) is 22.0. The number of fused-ring (bicyclic) bond motifs is 1. The van der Waals surface area contributed by atoms with Gasteiger partial charge in [-0.2, -0.15) is 5.10 Å². The van der Waals surface area contributed by atoms with Crippen LogP contribution in [0.2, 0.25) is 5.15 Å². The van der Waals surface area contributed by atoms with Crippen molar-refractivity contribution in [1.29, 1.82) is 0 Å². The Bertz CT molecular complexity index is 1210. The molecule has 1 aliphatic carbocycles. The van der Waals surface area contributed by atoms with E-state index in [1.165, 1.54) is 17.1 Å². The monoisotopic (exact) mass is 459 g/mol. The SMILES string of the molecule is Cn1cc(S(=O)(=O)NCC(NC(=O)c2cc3c(nc2Cl)CCC3)c2ccccc2)cn1. The van der Waals surface area contributed by atoms with Gasteiger partial charge in [-0.25, -0.2) is 18.1 Å². The second-order valence-corrected chi connectivity index (χ2v) is 9.55. The van der Waals surface area contributed by atoms with E-state index in [-0.39, 0.29) is 16.6 Å². The number of pyridine rings is 1. The summed E-state index contributed by atoms with van der Waals surface area (Å²) in [4.78, 5) is 17.4. The summed E-state index contributed by atoms with van der Waals surface area (Å²) in [5.41, 5.74) is 3.02. The van der Waals surface area contributed by atoms with Crippen LogP contribution in [-0.2, 0) is 29.9 Å². The molecule has 3 aromatic rings. The van der Waals surface area contributed by atoms with Gasteiger partial charge in [0.15, 0.2) is 0 Å². The van der Waals surface area contributed by atoms with Crippen LogP contribution in [0.1, 0.15) is 39.6 Å². The zero-order valence-electron chi connectivity index (χ0n) is 16.9. The highest BCUT2D eigenvalue weighted by Gasteiger charge is 2.24. The fourth-order valence-electron chi connectivity index (χ4n) is 3.59. The number of halogens is 1. The number of hydrogen-bond donors (Lipinski definition) is 2. The van der Waals surface area contributed by atoms with E-state index in [2.05, 4.69) is 20.1 Å². The van der Waals surface area contributed by atoms with Crippen LogP contribution in [0.3, 0.4) is 0 Å². The molecule has 0 bridgehead atoms. The molecule has 0 saturated carbocycles. The van der Waals surface area contributed by atoms with Crippen molar-refractivity contribution in [3.63, 3.8) is 0 Å². The average molecular weight is 460 g/mol. The maximum Gasteiger partial charge on any atom is 0.254 e. The highest BCUT2D eigenvalue weighted by atomic mass is 35.5. The Kier molecular flexibility index (Phi) is 6.08. The van der Waals surface area contributed by atoms with Gasteiger partial charge >= 0.3 is 0 Å². The molecule has 162 valence electrons. The Balaban J connectivity index is 1.55. The quantitative estimate of drug-likeness (QED) is 0.528. The van der Waals surface area contributed by atoms with Crippen molar-refractivity contribution in [2.45, 2.75) is 30.2 Å². The molecule has 1 amide bonds. The molecule has 2 heterocycles. The van der Waals surface area contributed by atoms with E-state index in [0.717, 1.165) is 36.1 Å². The molecule has 1 aromatic carbocycles. The molecule has 8 nitrogen and oxygen atoms in total. The Labute approximate surface area is 185 Å². The number of sulfonamides is 1. The number of aromatic nitrogens is 3. The van der Waals surface area contributed by atoms with Crippen LogP contribution in [0.5, 0.6) is 0 Å². The van der Waals surface area contributed by atoms with Gasteiger partial charge in [-0.1, -0.05) is 41.9 Å². The number of benzene rings is 1. The molecule has 2 N–H and O–H groups in total. The topological polar surface area (TPSA) is 106 Å². The van der Waals surface area contributed by atoms with Crippen molar-refractivity contribution in [1.82, 2.24) is 24.8 Å². The summed E-state index contributed by atoms with van der Waals surface area (Å²) in [7, 11) is -2.14. The minimum Gasteiger partial charge on any atom is -0.344 e. The molecule has 1 atom stereocenters. The molecule has 0 fully saturated rings. The lowest BCUT2D eigenvalue weighted by Crippen LogP contribution is -2.38. The second-order valence-electron chi connectivity index (χ2n) is 7.42. The van der Waals surface area contributed by atoms with E-state index in [9.17, 15) is 13.2 Å². The van der Waals surface area contributed by atoms with E-state index in [1.807, 2.05) is 30.3 Å². The average Bonchev–Trinajstić information content (AvgIpc) is 3.39. The van der Waals surface area contributed by atoms with Gasteiger partial charge in [0, 0.05) is 25.5 Å². The van der Waals surface area contributed by atoms with Crippen LogP contribution in [0.4, 0.5) is 0 Å². The Morgan fingerprint density at radius 1 is 1.26 bits per heavy atom. The Morgan fingerprint density at radius 2 is 2.03 bits per heavy atom. The number of amides is 1. The molecular weight excluding hydrogens is 438 g/mol. The van der Waals surface area contributed by atoms with Gasteiger partial charge in [0.25, 0.3) is 5.91 Å². The molecule has 0 spiro atoms. The molecule has 0 radical (unpaired) electrons. The number of aryl methyl sites for hydroxylation is 3. The first-order valence-electron chi connectivity index (χ1n) is 9.86. The molecule has 0 saturated heterocycles. The second kappa shape index (κ2) is 8.78. The number of carbonyl (C=O) groups excluding carboxylic acids is 1. The van der Waals surface area contributed by atoms with Gasteiger partial charge in [0.2, 0.25) is 10.0 Å². The third-order valence-corrected chi connectivity index (χ3v) is 6.89. The fraction of sp³-hybridized carbons (Fsp3) is 0.286. The summed E-state index contributed by atoms with van der Waals surface area (Å²) in [6.07, 6.45) is 5.40. The van der Waals surface area contributed by atoms with Gasteiger partial charge in [-0.05, 0) is 36.5 Å². The maximum atomic E-state index is 13.0. The van der Waals surface area contributed by atoms with Crippen LogP contribution in [0.15, 0.2) is 53.7 Å². The number of nitrogens with one attached hydrogen (secondary N) is 2. The minimum atomic E-state index is -3.78. The standard InChI is InChI=1S/C21H22ClN5O3S/c1-27-13-16(11-23-27)31(29,30)24-12-19(14-6-3-2-4-7-14)26-21(28)17-10-15-8-5-9-18(15)25-20(17)22/h2-4,6-7,10-11,13,19,24H,5,8-9,12H2,1H3,(H,26,28). The van der Waals surface area contributed by atoms with Crippen LogP contribution in [0, 0.1) is 0 Å². The van der Waals surface area contributed by atoms with Gasteiger partial charge in [0.1, 0.15) is 10.0 Å². The van der Waals surface area contributed by atoms with E-state index < -0.39 is 22.0 Å². The first-order chi connectivity index (χ1) is 14.8. The smallest absolute Gasteiger partial charge is 0.254 e. The number of rotatable bonds is 7. The van der Waals surface area contributed by atoms with Crippen molar-refractivity contribution < 1.29 is 13.2 Å². The molecule has 0 aliphatic heterocycles. The zero-order valence-corrected chi connectivity index (χ0v) is 18.4. The first kappa shape index (κ1) is 21.5. The largest absolute Gasteiger partial charge is 0.344 e. The third kappa shape index (κ3) is 4.79. The van der Waals surface area contributed by atoms with Gasteiger partial charge < -0.3 is 5.32 Å². The van der Waals surface area contributed by atoms with Crippen LogP contribution >= 0.6 is 11.6 Å². The summed E-state index contributed by atoms with van der Waals surface area (Å²) in [5.74, 6) is -0.401. The van der Waals surface area contributed by atoms with Crippen LogP contribution < -0.4 is 10.0 Å². The maximum absolute atomic E-state index is 13.0. The molecule has 4 rings (SSSR count). The number of nitrogens with zero attached hydrogens (tertiary/aromatic N) is 3. The first-order valence-corrected chi connectivity index (χ1v) is 11.7. The Hall–Kier alpha value is -2.75. The highest BCUT2D eigenvalue weighted by Crippen LogP contribution is 2.26. The highest BCUT2D eigenvalue weighted by molar-refractivity contribution is 7.89. The van der Waals surface area contributed by atoms with Crippen LogP contribution in [0.25, 0.3) is 0 Å². The lowest BCUT2D eigenvalue weighted by atomic mass is 10.1. The van der Waals surface area contributed by atoms with E-state index in [1.54, 1.807) is 13.1 Å². The fourth-order valence-corrected chi connectivity index (χ4v) is 4.87. The normalized spacial score (nSPS) is 14.3. The van der Waals surface area contributed by atoms with Gasteiger partial charge in [0.05, 0.1) is 17.8 Å². The predicted octanol–water partition coefficient (Wildman–Crippen LogP) is 2.41. The molecule has 31 heavy (non-hydrogen) atoms. The number of hydrogen-bond acceptors (Lipinski definition) is 5. The number of carbonyl (C=O) groups is 1. The van der Waals surface area contributed by atoms with Crippen molar-refractivity contribution in [3.8, 4) is 0 Å². The third-order valence-electron chi connectivity index (χ3n) is 5.23. The van der Waals surface area contributed by atoms with E-state index >= 15 is 0 Å². The van der Waals surface area contributed by atoms with Crippen molar-refractivity contribution in [3.05, 3.63) is 76.3 Å². The lowest BCUT2D eigenvalue weighted by Gasteiger charge is -2.20. The van der Waals surface area contributed by atoms with E-state index in [0.29, 0.717) is 5.56 Å². The van der Waals surface area contributed by atoms with Gasteiger partial charge in [-0.3, -0.25) is 9.48 Å². The molecule has 2 aromatic heterocycles. The lowest BCUT2D eigenvalue weighted by molar-refractivity contribution is 0.0936. The van der Waals surface area contributed by atoms with Crippen LogP contribution in [-0.4, -0.2) is 35.6 Å². The molecule has 10 heteroatoms. The van der Waals surface area contributed by atoms with E-state index in [4.69, 9.17) is 11.6 Å². The summed E-state index contributed by atoms with van der Waals surface area (Å²) in [6.45, 7) is -0.0387. The predicted molar refractivity (Wildman–Crippen MR) is 116 cm³/mol. The summed E-state index contributed by atoms with van der Waals surface area (Å²) >= 11 is 6.27. The molecule has 1 aliphatic rings. The van der Waals surface area contributed by atoms with Crippen molar-refractivity contribution in [2.24, 2.45) is 7.05 Å². The molecular formula is C21H22ClN5O3S. The van der Waals surface area contributed by atoms with Gasteiger partial charge in [-0.15, -0.1) is 0 Å². The summed E-state index contributed by atoms with van der Waals surface area (Å²) < 4.78 is 29.2.